The van der Waals surface area contributed by atoms with Gasteiger partial charge in [0.05, 0.1) is 0 Å². The predicted molar refractivity (Wildman–Crippen MR) is 60.7 cm³/mol. The van der Waals surface area contributed by atoms with Crippen molar-refractivity contribution in [2.45, 2.75) is 38.5 Å². The first-order valence-electron chi connectivity index (χ1n) is 5.29. The molecule has 0 spiro atoms. The molecule has 2 rings (SSSR count). The maximum atomic E-state index is 11.0. The predicted octanol–water partition coefficient (Wildman–Crippen LogP) is 1.85. The molecule has 1 aromatic heterocycles. The molecule has 0 saturated carbocycles. The van der Waals surface area contributed by atoms with Crippen molar-refractivity contribution < 1.29 is 9.90 Å². The molecule has 3 nitrogen and oxygen atoms in total. The number of nitrogen functional groups attached to an aromatic ring is 1. The van der Waals surface area contributed by atoms with E-state index >= 15 is 0 Å². The van der Waals surface area contributed by atoms with Gasteiger partial charge in [-0.05, 0) is 0 Å². The zero-order valence-corrected chi connectivity index (χ0v) is 10.5. The second-order valence-corrected chi connectivity index (χ2v) is 6.30. The van der Waals surface area contributed by atoms with E-state index in [-0.39, 0.29) is 14.5 Å². The first-order chi connectivity index (χ1) is 7.15. The Balaban J connectivity index is 2.51. The average Bonchev–Trinajstić information content (AvgIpc) is 2.56. The molecule has 15 heavy (non-hydrogen) atoms. The molecule has 0 aromatic carbocycles. The second-order valence-electron chi connectivity index (χ2n) is 3.98. The normalized spacial score (nSPS) is 19.9. The van der Waals surface area contributed by atoms with Crippen LogP contribution >= 0.6 is 0 Å². The Morgan fingerprint density at radius 3 is 3.00 bits per heavy atom. The number of carboxylic acids is 1. The molecular formula is C11H15NO2Se. The Morgan fingerprint density at radius 2 is 2.40 bits per heavy atom. The summed E-state index contributed by atoms with van der Waals surface area (Å²) in [7, 11) is 0. The van der Waals surface area contributed by atoms with Crippen molar-refractivity contribution in [3.63, 3.8) is 0 Å². The van der Waals surface area contributed by atoms with Crippen molar-refractivity contribution >= 4 is 26.2 Å². The minimum atomic E-state index is -0.822. The zero-order valence-electron chi connectivity index (χ0n) is 8.75. The Bertz CT molecular complexity index is 398. The van der Waals surface area contributed by atoms with Crippen molar-refractivity contribution in [2.75, 3.05) is 5.73 Å². The van der Waals surface area contributed by atoms with E-state index in [0.717, 1.165) is 12.8 Å². The van der Waals surface area contributed by atoms with Gasteiger partial charge in [0.25, 0.3) is 0 Å². The van der Waals surface area contributed by atoms with Gasteiger partial charge in [-0.15, -0.1) is 0 Å². The molecule has 0 bridgehead atoms. The summed E-state index contributed by atoms with van der Waals surface area (Å²) in [6.07, 6.45) is 4.49. The first-order valence-corrected chi connectivity index (χ1v) is 7.00. The van der Waals surface area contributed by atoms with Crippen LogP contribution in [0.2, 0.25) is 0 Å². The zero-order chi connectivity index (χ0) is 11.0. The van der Waals surface area contributed by atoms with Crippen molar-refractivity contribution in [2.24, 2.45) is 0 Å². The number of carboxylic acid groups (broad SMARTS) is 1. The van der Waals surface area contributed by atoms with Gasteiger partial charge < -0.3 is 0 Å². The Morgan fingerprint density at radius 1 is 1.67 bits per heavy atom. The molecule has 0 amide bonds. The fourth-order valence-electron chi connectivity index (χ4n) is 2.36. The van der Waals surface area contributed by atoms with E-state index in [9.17, 15) is 4.79 Å². The summed E-state index contributed by atoms with van der Waals surface area (Å²) in [4.78, 5) is 11.0. The topological polar surface area (TPSA) is 63.3 Å². The van der Waals surface area contributed by atoms with Gasteiger partial charge in [-0.3, -0.25) is 0 Å². The summed E-state index contributed by atoms with van der Waals surface area (Å²) in [6.45, 7) is 2.15. The van der Waals surface area contributed by atoms with Gasteiger partial charge in [0.15, 0.2) is 0 Å². The molecule has 1 aromatic rings. The minimum absolute atomic E-state index is 0.0148. The standard InChI is InChI=1S/C11H15NO2Se/c1-2-6-4-3-5-7-8(6)9(12)10(15-7)11(13)14/h6H,2-5,12H2,1H3,(H,13,14). The van der Waals surface area contributed by atoms with Gasteiger partial charge in [-0.2, -0.15) is 0 Å². The van der Waals surface area contributed by atoms with Gasteiger partial charge in [0.1, 0.15) is 0 Å². The van der Waals surface area contributed by atoms with Crippen molar-refractivity contribution in [3.8, 4) is 0 Å². The van der Waals surface area contributed by atoms with Gasteiger partial charge in [0.2, 0.25) is 0 Å². The Labute approximate surface area is 95.0 Å². The molecule has 1 heterocycles. The molecule has 3 N–H and O–H groups in total. The third kappa shape index (κ3) is 1.72. The number of rotatable bonds is 2. The van der Waals surface area contributed by atoms with Crippen LogP contribution in [0.4, 0.5) is 5.69 Å². The van der Waals surface area contributed by atoms with Crippen molar-refractivity contribution in [3.05, 3.63) is 14.4 Å². The molecule has 1 atom stereocenters. The fourth-order valence-corrected chi connectivity index (χ4v) is 4.85. The fraction of sp³-hybridized carbons (Fsp3) is 0.545. The van der Waals surface area contributed by atoms with Gasteiger partial charge in [0, 0.05) is 0 Å². The summed E-state index contributed by atoms with van der Waals surface area (Å²) in [5.74, 6) is -0.316. The molecule has 4 heteroatoms. The van der Waals surface area contributed by atoms with Crippen molar-refractivity contribution in [1.29, 1.82) is 0 Å². The SMILES string of the molecule is CCC1CCCc2[se]c(C(=O)O)c(N)c21. The number of aryl methyl sites for hydroxylation is 1. The van der Waals surface area contributed by atoms with Gasteiger partial charge >= 0.3 is 94.8 Å². The van der Waals surface area contributed by atoms with Crippen LogP contribution in [0.1, 0.15) is 51.3 Å². The number of aromatic carboxylic acids is 1. The van der Waals surface area contributed by atoms with Crippen molar-refractivity contribution in [1.82, 2.24) is 0 Å². The third-order valence-electron chi connectivity index (χ3n) is 3.11. The second kappa shape index (κ2) is 4.03. The molecule has 0 aliphatic heterocycles. The molecule has 1 aliphatic rings. The molecular weight excluding hydrogens is 257 g/mol. The van der Waals surface area contributed by atoms with Gasteiger partial charge in [-0.1, -0.05) is 0 Å². The first kappa shape index (κ1) is 10.8. The van der Waals surface area contributed by atoms with E-state index in [1.54, 1.807) is 0 Å². The van der Waals surface area contributed by atoms with Crippen LogP contribution in [-0.4, -0.2) is 25.6 Å². The van der Waals surface area contributed by atoms with Crippen LogP contribution in [0.3, 0.4) is 0 Å². The average molecular weight is 272 g/mol. The molecule has 0 radical (unpaired) electrons. The van der Waals surface area contributed by atoms with Crippen LogP contribution in [0.15, 0.2) is 0 Å². The Hall–Kier alpha value is -0.731. The van der Waals surface area contributed by atoms with E-state index in [2.05, 4.69) is 6.92 Å². The van der Waals surface area contributed by atoms with Crippen LogP contribution < -0.4 is 5.73 Å². The summed E-state index contributed by atoms with van der Waals surface area (Å²) in [6, 6.07) is 0. The summed E-state index contributed by atoms with van der Waals surface area (Å²) in [5.41, 5.74) is 7.74. The molecule has 0 fully saturated rings. The number of fused-ring (bicyclic) bond motifs is 1. The number of hydrogen-bond acceptors (Lipinski definition) is 2. The number of anilines is 1. The number of nitrogens with two attached hydrogens (primary N) is 1. The van der Waals surface area contributed by atoms with Crippen LogP contribution in [0, 0.1) is 0 Å². The van der Waals surface area contributed by atoms with Crippen LogP contribution in [0.5, 0.6) is 0 Å². The Kier molecular flexibility index (Phi) is 2.89. The summed E-state index contributed by atoms with van der Waals surface area (Å²) >= 11 is -0.0148. The van der Waals surface area contributed by atoms with E-state index in [0.29, 0.717) is 16.0 Å². The summed E-state index contributed by atoms with van der Waals surface area (Å²) < 4.78 is 1.82. The number of hydrogen-bond donors (Lipinski definition) is 2. The number of carbonyl (C=O) groups is 1. The van der Waals surface area contributed by atoms with Crippen LogP contribution in [0.25, 0.3) is 0 Å². The molecule has 82 valence electrons. The quantitative estimate of drug-likeness (QED) is 0.808. The maximum absolute atomic E-state index is 11.0. The van der Waals surface area contributed by atoms with E-state index in [1.165, 1.54) is 22.8 Å². The molecule has 1 aliphatic carbocycles. The van der Waals surface area contributed by atoms with E-state index in [4.69, 9.17) is 10.8 Å². The van der Waals surface area contributed by atoms with E-state index in [1.807, 2.05) is 0 Å². The third-order valence-corrected chi connectivity index (χ3v) is 5.77. The van der Waals surface area contributed by atoms with Crippen LogP contribution in [-0.2, 0) is 6.42 Å². The van der Waals surface area contributed by atoms with E-state index < -0.39 is 5.97 Å². The summed E-state index contributed by atoms with van der Waals surface area (Å²) in [5, 5.41) is 9.04. The molecule has 0 saturated heterocycles. The molecule has 1 unspecified atom stereocenters. The van der Waals surface area contributed by atoms with Gasteiger partial charge in [-0.25, -0.2) is 0 Å². The monoisotopic (exact) mass is 273 g/mol.